The summed E-state index contributed by atoms with van der Waals surface area (Å²) in [4.78, 5) is 8.74. The van der Waals surface area contributed by atoms with Gasteiger partial charge in [-0.3, -0.25) is 0 Å². The van der Waals surface area contributed by atoms with E-state index in [1.54, 1.807) is 6.33 Å². The first-order chi connectivity index (χ1) is 9.86. The molecule has 0 unspecified atom stereocenters. The van der Waals surface area contributed by atoms with Gasteiger partial charge in [0, 0.05) is 17.8 Å². The summed E-state index contributed by atoms with van der Waals surface area (Å²) in [6.45, 7) is 0.717. The smallest absolute Gasteiger partial charge is 0.133 e. The van der Waals surface area contributed by atoms with Crippen LogP contribution in [-0.4, -0.2) is 9.97 Å². The molecule has 0 atom stereocenters. The highest BCUT2D eigenvalue weighted by atomic mass is 15.0. The molecule has 1 aliphatic rings. The molecule has 20 heavy (non-hydrogen) atoms. The minimum Gasteiger partial charge on any atom is -0.366 e. The molecule has 1 aromatic heterocycles. The zero-order chi connectivity index (χ0) is 13.8. The fourth-order valence-corrected chi connectivity index (χ4v) is 2.56. The van der Waals surface area contributed by atoms with Crippen LogP contribution in [0.5, 0.6) is 0 Å². The monoisotopic (exact) mass is 264 g/mol. The van der Waals surface area contributed by atoms with E-state index in [9.17, 15) is 0 Å². The summed E-state index contributed by atoms with van der Waals surface area (Å²) in [5.41, 5.74) is 4.29. The van der Waals surface area contributed by atoms with E-state index in [1.165, 1.54) is 24.1 Å². The maximum absolute atomic E-state index is 8.79. The standard InChI is InChI=1S/C16H16N4/c17-9-12-5-7-13(8-6-12)10-18-16-14-3-1-2-4-15(14)19-11-20-16/h5-8,11H,1-4,10H2,(H,18,19,20). The average Bonchev–Trinajstić information content (AvgIpc) is 2.53. The molecule has 0 aliphatic heterocycles. The minimum atomic E-state index is 0.688. The molecule has 3 rings (SSSR count). The maximum atomic E-state index is 8.79. The lowest BCUT2D eigenvalue weighted by molar-refractivity contribution is 0.663. The largest absolute Gasteiger partial charge is 0.366 e. The molecule has 1 aliphatic carbocycles. The maximum Gasteiger partial charge on any atom is 0.133 e. The van der Waals surface area contributed by atoms with Gasteiger partial charge in [0.05, 0.1) is 11.6 Å². The number of nitrogens with one attached hydrogen (secondary N) is 1. The Bertz CT molecular complexity index is 641. The quantitative estimate of drug-likeness (QED) is 0.926. The summed E-state index contributed by atoms with van der Waals surface area (Å²) in [5.74, 6) is 0.957. The number of benzene rings is 1. The normalized spacial score (nSPS) is 13.3. The molecule has 1 heterocycles. The van der Waals surface area contributed by atoms with Crippen molar-refractivity contribution in [3.8, 4) is 6.07 Å². The highest BCUT2D eigenvalue weighted by Gasteiger charge is 2.14. The topological polar surface area (TPSA) is 61.6 Å². The van der Waals surface area contributed by atoms with E-state index in [0.717, 1.165) is 30.8 Å². The average molecular weight is 264 g/mol. The fourth-order valence-electron chi connectivity index (χ4n) is 2.56. The van der Waals surface area contributed by atoms with Gasteiger partial charge < -0.3 is 5.32 Å². The number of fused-ring (bicyclic) bond motifs is 1. The van der Waals surface area contributed by atoms with Gasteiger partial charge in [-0.15, -0.1) is 0 Å². The van der Waals surface area contributed by atoms with Crippen LogP contribution in [0.3, 0.4) is 0 Å². The Balaban J connectivity index is 1.73. The lowest BCUT2D eigenvalue weighted by Crippen LogP contribution is -2.12. The first-order valence-corrected chi connectivity index (χ1v) is 6.92. The summed E-state index contributed by atoms with van der Waals surface area (Å²) in [7, 11) is 0. The van der Waals surface area contributed by atoms with E-state index in [4.69, 9.17) is 5.26 Å². The van der Waals surface area contributed by atoms with E-state index in [-0.39, 0.29) is 0 Å². The van der Waals surface area contributed by atoms with Crippen molar-refractivity contribution in [2.24, 2.45) is 0 Å². The zero-order valence-corrected chi connectivity index (χ0v) is 11.3. The number of hydrogen-bond acceptors (Lipinski definition) is 4. The molecule has 100 valence electrons. The van der Waals surface area contributed by atoms with Gasteiger partial charge in [-0.2, -0.15) is 5.26 Å². The Morgan fingerprint density at radius 1 is 1.10 bits per heavy atom. The molecule has 0 amide bonds. The second-order valence-electron chi connectivity index (χ2n) is 5.02. The Morgan fingerprint density at radius 2 is 1.90 bits per heavy atom. The Kier molecular flexibility index (Phi) is 3.60. The van der Waals surface area contributed by atoms with Crippen molar-refractivity contribution in [1.29, 1.82) is 5.26 Å². The lowest BCUT2D eigenvalue weighted by atomic mass is 9.96. The van der Waals surface area contributed by atoms with Gasteiger partial charge in [-0.25, -0.2) is 9.97 Å². The predicted octanol–water partition coefficient (Wildman–Crippen LogP) is 2.84. The van der Waals surface area contributed by atoms with Gasteiger partial charge >= 0.3 is 0 Å². The van der Waals surface area contributed by atoms with Gasteiger partial charge in [0.1, 0.15) is 12.1 Å². The zero-order valence-electron chi connectivity index (χ0n) is 11.3. The first-order valence-electron chi connectivity index (χ1n) is 6.92. The van der Waals surface area contributed by atoms with Crippen molar-refractivity contribution in [3.05, 3.63) is 53.0 Å². The van der Waals surface area contributed by atoms with Crippen LogP contribution in [0.4, 0.5) is 5.82 Å². The number of nitrogens with zero attached hydrogens (tertiary/aromatic N) is 3. The summed E-state index contributed by atoms with van der Waals surface area (Å²) in [6.07, 6.45) is 6.20. The Hall–Kier alpha value is -2.41. The molecule has 0 radical (unpaired) electrons. The van der Waals surface area contributed by atoms with Crippen molar-refractivity contribution in [3.63, 3.8) is 0 Å². The third-order valence-electron chi connectivity index (χ3n) is 3.67. The molecule has 2 aromatic rings. The van der Waals surface area contributed by atoms with Crippen LogP contribution < -0.4 is 5.32 Å². The molecule has 0 saturated heterocycles. The van der Waals surface area contributed by atoms with Crippen LogP contribution in [0.1, 0.15) is 35.2 Å². The van der Waals surface area contributed by atoms with E-state index < -0.39 is 0 Å². The van der Waals surface area contributed by atoms with E-state index in [2.05, 4.69) is 21.4 Å². The van der Waals surface area contributed by atoms with E-state index in [0.29, 0.717) is 5.56 Å². The third kappa shape index (κ3) is 2.62. The summed E-state index contributed by atoms with van der Waals surface area (Å²) < 4.78 is 0. The van der Waals surface area contributed by atoms with Crippen LogP contribution in [-0.2, 0) is 19.4 Å². The van der Waals surface area contributed by atoms with Crippen molar-refractivity contribution >= 4 is 5.82 Å². The van der Waals surface area contributed by atoms with E-state index in [1.807, 2.05) is 24.3 Å². The molecule has 4 nitrogen and oxygen atoms in total. The fraction of sp³-hybridized carbons (Fsp3) is 0.312. The number of aryl methyl sites for hydroxylation is 1. The number of rotatable bonds is 3. The molecule has 4 heteroatoms. The second-order valence-corrected chi connectivity index (χ2v) is 5.02. The van der Waals surface area contributed by atoms with Gasteiger partial charge in [0.15, 0.2) is 0 Å². The number of aromatic nitrogens is 2. The van der Waals surface area contributed by atoms with Gasteiger partial charge in [0.25, 0.3) is 0 Å². The summed E-state index contributed by atoms with van der Waals surface area (Å²) >= 11 is 0. The molecular weight excluding hydrogens is 248 g/mol. The molecule has 1 N–H and O–H groups in total. The summed E-state index contributed by atoms with van der Waals surface area (Å²) in [5, 5.41) is 12.2. The van der Waals surface area contributed by atoms with Crippen molar-refractivity contribution in [2.45, 2.75) is 32.2 Å². The van der Waals surface area contributed by atoms with Crippen molar-refractivity contribution in [2.75, 3.05) is 5.32 Å². The second kappa shape index (κ2) is 5.70. The molecule has 0 bridgehead atoms. The molecule has 1 aromatic carbocycles. The predicted molar refractivity (Wildman–Crippen MR) is 77.2 cm³/mol. The highest BCUT2D eigenvalue weighted by Crippen LogP contribution is 2.24. The van der Waals surface area contributed by atoms with Crippen LogP contribution in [0.25, 0.3) is 0 Å². The summed E-state index contributed by atoms with van der Waals surface area (Å²) in [6, 6.07) is 9.75. The van der Waals surface area contributed by atoms with Crippen molar-refractivity contribution in [1.82, 2.24) is 9.97 Å². The van der Waals surface area contributed by atoms with Gasteiger partial charge in [0.2, 0.25) is 0 Å². The Morgan fingerprint density at radius 3 is 2.70 bits per heavy atom. The Labute approximate surface area is 118 Å². The number of anilines is 1. The molecular formula is C16H16N4. The first kappa shape index (κ1) is 12.6. The number of nitriles is 1. The molecule has 0 spiro atoms. The van der Waals surface area contributed by atoms with Crippen molar-refractivity contribution < 1.29 is 0 Å². The minimum absolute atomic E-state index is 0.688. The SMILES string of the molecule is N#Cc1ccc(CNc2ncnc3c2CCCC3)cc1. The molecule has 0 fully saturated rings. The third-order valence-corrected chi connectivity index (χ3v) is 3.67. The van der Waals surface area contributed by atoms with Crippen LogP contribution >= 0.6 is 0 Å². The van der Waals surface area contributed by atoms with Crippen LogP contribution in [0.2, 0.25) is 0 Å². The lowest BCUT2D eigenvalue weighted by Gasteiger charge is -2.18. The van der Waals surface area contributed by atoms with Crippen LogP contribution in [0, 0.1) is 11.3 Å². The number of hydrogen-bond donors (Lipinski definition) is 1. The van der Waals surface area contributed by atoms with E-state index >= 15 is 0 Å². The van der Waals surface area contributed by atoms with Gasteiger partial charge in [-0.1, -0.05) is 12.1 Å². The van der Waals surface area contributed by atoms with Crippen LogP contribution in [0.15, 0.2) is 30.6 Å². The molecule has 0 saturated carbocycles. The highest BCUT2D eigenvalue weighted by molar-refractivity contribution is 5.47. The van der Waals surface area contributed by atoms with Gasteiger partial charge in [-0.05, 0) is 43.4 Å².